The quantitative estimate of drug-likeness (QED) is 0.784. The number of nitrogens with one attached hydrogen (secondary N) is 1. The molecule has 0 saturated carbocycles. The first-order valence-electron chi connectivity index (χ1n) is 7.91. The van der Waals surface area contributed by atoms with E-state index in [1.54, 1.807) is 0 Å². The van der Waals surface area contributed by atoms with E-state index in [9.17, 15) is 0 Å². The Morgan fingerprint density at radius 1 is 1.09 bits per heavy atom. The lowest BCUT2D eigenvalue weighted by Crippen LogP contribution is -2.43. The van der Waals surface area contributed by atoms with Gasteiger partial charge >= 0.3 is 0 Å². The van der Waals surface area contributed by atoms with Gasteiger partial charge in [-0.15, -0.1) is 0 Å². The van der Waals surface area contributed by atoms with Crippen LogP contribution in [0.1, 0.15) is 0 Å². The van der Waals surface area contributed by atoms with Gasteiger partial charge in [0.25, 0.3) is 0 Å². The Balaban J connectivity index is 1.81. The first-order valence-corrected chi connectivity index (χ1v) is 8.29. The third-order valence-corrected chi connectivity index (χ3v) is 4.79. The molecule has 0 amide bonds. The SMILES string of the molecule is Cn1c(-c2cc(N3CCNCC3)ccc2Cl)nc2ccccc21. The molecule has 4 rings (SSSR count). The Kier molecular flexibility index (Phi) is 3.71. The first kappa shape index (κ1) is 14.5. The van der Waals surface area contributed by atoms with Crippen LogP contribution in [0.25, 0.3) is 22.4 Å². The number of hydrogen-bond donors (Lipinski definition) is 1. The summed E-state index contributed by atoms with van der Waals surface area (Å²) in [4.78, 5) is 7.17. The van der Waals surface area contributed by atoms with Gasteiger partial charge < -0.3 is 14.8 Å². The molecule has 0 bridgehead atoms. The second-order valence-electron chi connectivity index (χ2n) is 5.88. The van der Waals surface area contributed by atoms with Gasteiger partial charge in [-0.05, 0) is 30.3 Å². The van der Waals surface area contributed by atoms with Crippen molar-refractivity contribution in [1.82, 2.24) is 14.9 Å². The van der Waals surface area contributed by atoms with Gasteiger partial charge in [0.2, 0.25) is 0 Å². The molecule has 1 aliphatic rings. The monoisotopic (exact) mass is 326 g/mol. The van der Waals surface area contributed by atoms with Gasteiger partial charge in [-0.1, -0.05) is 23.7 Å². The summed E-state index contributed by atoms with van der Waals surface area (Å²) in [7, 11) is 2.04. The number of nitrogens with zero attached hydrogens (tertiary/aromatic N) is 3. The van der Waals surface area contributed by atoms with Crippen molar-refractivity contribution in [1.29, 1.82) is 0 Å². The molecule has 2 heterocycles. The number of fused-ring (bicyclic) bond motifs is 1. The van der Waals surface area contributed by atoms with E-state index in [1.165, 1.54) is 5.69 Å². The predicted octanol–water partition coefficient (Wildman–Crippen LogP) is 3.30. The van der Waals surface area contributed by atoms with Crippen LogP contribution < -0.4 is 10.2 Å². The Hall–Kier alpha value is -2.04. The van der Waals surface area contributed by atoms with Gasteiger partial charge in [-0.2, -0.15) is 0 Å². The topological polar surface area (TPSA) is 33.1 Å². The van der Waals surface area contributed by atoms with Gasteiger partial charge in [-0.25, -0.2) is 4.98 Å². The minimum absolute atomic E-state index is 0.738. The van der Waals surface area contributed by atoms with Crippen molar-refractivity contribution in [3.63, 3.8) is 0 Å². The summed E-state index contributed by atoms with van der Waals surface area (Å²) in [5.41, 5.74) is 4.30. The number of anilines is 1. The number of hydrogen-bond acceptors (Lipinski definition) is 3. The lowest BCUT2D eigenvalue weighted by molar-refractivity contribution is 0.589. The molecule has 3 aromatic rings. The van der Waals surface area contributed by atoms with E-state index < -0.39 is 0 Å². The van der Waals surface area contributed by atoms with Crippen LogP contribution >= 0.6 is 11.6 Å². The largest absolute Gasteiger partial charge is 0.369 e. The van der Waals surface area contributed by atoms with E-state index >= 15 is 0 Å². The number of halogens is 1. The molecule has 1 aliphatic heterocycles. The molecule has 1 aromatic heterocycles. The summed E-state index contributed by atoms with van der Waals surface area (Å²) in [6, 6.07) is 14.4. The summed E-state index contributed by atoms with van der Waals surface area (Å²) >= 11 is 6.49. The molecule has 0 aliphatic carbocycles. The molecule has 0 unspecified atom stereocenters. The van der Waals surface area contributed by atoms with Gasteiger partial charge in [0, 0.05) is 44.5 Å². The van der Waals surface area contributed by atoms with Gasteiger partial charge in [-0.3, -0.25) is 0 Å². The number of piperazine rings is 1. The van der Waals surface area contributed by atoms with Gasteiger partial charge in [0.1, 0.15) is 5.82 Å². The summed E-state index contributed by atoms with van der Waals surface area (Å²) in [5.74, 6) is 0.910. The molecule has 23 heavy (non-hydrogen) atoms. The normalized spacial score (nSPS) is 15.3. The smallest absolute Gasteiger partial charge is 0.142 e. The Labute approximate surface area is 140 Å². The van der Waals surface area contributed by atoms with E-state index in [1.807, 2.05) is 31.3 Å². The van der Waals surface area contributed by atoms with Crippen molar-refractivity contribution < 1.29 is 0 Å². The molecule has 5 heteroatoms. The van der Waals surface area contributed by atoms with E-state index in [0.29, 0.717) is 0 Å². The van der Waals surface area contributed by atoms with Crippen molar-refractivity contribution in [2.45, 2.75) is 0 Å². The summed E-state index contributed by atoms with van der Waals surface area (Å²) in [5, 5.41) is 4.12. The van der Waals surface area contributed by atoms with E-state index in [4.69, 9.17) is 16.6 Å². The lowest BCUT2D eigenvalue weighted by Gasteiger charge is -2.29. The van der Waals surface area contributed by atoms with Crippen LogP contribution in [0, 0.1) is 0 Å². The molecule has 0 spiro atoms. The average Bonchev–Trinajstić information content (AvgIpc) is 2.93. The molecule has 118 valence electrons. The maximum atomic E-state index is 6.49. The van der Waals surface area contributed by atoms with Gasteiger partial charge in [0.05, 0.1) is 16.1 Å². The van der Waals surface area contributed by atoms with Crippen molar-refractivity contribution >= 4 is 28.3 Å². The second kappa shape index (κ2) is 5.87. The van der Waals surface area contributed by atoms with E-state index in [0.717, 1.165) is 53.6 Å². The fourth-order valence-electron chi connectivity index (χ4n) is 3.19. The Morgan fingerprint density at radius 2 is 1.87 bits per heavy atom. The minimum Gasteiger partial charge on any atom is -0.369 e. The number of rotatable bonds is 2. The highest BCUT2D eigenvalue weighted by Gasteiger charge is 2.16. The number of para-hydroxylation sites is 2. The van der Waals surface area contributed by atoms with Crippen LogP contribution in [0.2, 0.25) is 5.02 Å². The highest BCUT2D eigenvalue weighted by Crippen LogP contribution is 2.33. The number of benzene rings is 2. The van der Waals surface area contributed by atoms with E-state index in [-0.39, 0.29) is 0 Å². The molecule has 1 fully saturated rings. The van der Waals surface area contributed by atoms with Crippen molar-refractivity contribution in [2.75, 3.05) is 31.1 Å². The molecule has 4 nitrogen and oxygen atoms in total. The standard InChI is InChI=1S/C18H19ClN4/c1-22-17-5-3-2-4-16(17)21-18(22)14-12-13(6-7-15(14)19)23-10-8-20-9-11-23/h2-7,12,20H,8-11H2,1H3. The minimum atomic E-state index is 0.738. The second-order valence-corrected chi connectivity index (χ2v) is 6.29. The lowest BCUT2D eigenvalue weighted by atomic mass is 10.1. The first-order chi connectivity index (χ1) is 11.2. The van der Waals surface area contributed by atoms with Crippen LogP contribution in [-0.4, -0.2) is 35.7 Å². The van der Waals surface area contributed by atoms with Crippen molar-refractivity contribution in [2.24, 2.45) is 7.05 Å². The maximum Gasteiger partial charge on any atom is 0.142 e. The molecular formula is C18H19ClN4. The third kappa shape index (κ3) is 2.58. The zero-order chi connectivity index (χ0) is 15.8. The van der Waals surface area contributed by atoms with Crippen LogP contribution in [-0.2, 0) is 7.05 Å². The van der Waals surface area contributed by atoms with E-state index in [2.05, 4.69) is 33.0 Å². The summed E-state index contributed by atoms with van der Waals surface area (Å²) in [6.07, 6.45) is 0. The highest BCUT2D eigenvalue weighted by molar-refractivity contribution is 6.33. The molecule has 0 radical (unpaired) electrons. The number of imidazole rings is 1. The number of aromatic nitrogens is 2. The van der Waals surface area contributed by atoms with Gasteiger partial charge in [0.15, 0.2) is 0 Å². The van der Waals surface area contributed by atoms with Crippen LogP contribution in [0.15, 0.2) is 42.5 Å². The third-order valence-electron chi connectivity index (χ3n) is 4.46. The Morgan fingerprint density at radius 3 is 2.65 bits per heavy atom. The van der Waals surface area contributed by atoms with Crippen LogP contribution in [0.5, 0.6) is 0 Å². The van der Waals surface area contributed by atoms with Crippen molar-refractivity contribution in [3.8, 4) is 11.4 Å². The predicted molar refractivity (Wildman–Crippen MR) is 96.2 cm³/mol. The molecule has 2 aromatic carbocycles. The van der Waals surface area contributed by atoms with Crippen molar-refractivity contribution in [3.05, 3.63) is 47.5 Å². The average molecular weight is 327 g/mol. The number of aryl methyl sites for hydroxylation is 1. The van der Waals surface area contributed by atoms with Crippen LogP contribution in [0.4, 0.5) is 5.69 Å². The van der Waals surface area contributed by atoms with Crippen LogP contribution in [0.3, 0.4) is 0 Å². The molecular weight excluding hydrogens is 308 g/mol. The fraction of sp³-hybridized carbons (Fsp3) is 0.278. The zero-order valence-electron chi connectivity index (χ0n) is 13.1. The Bertz CT molecular complexity index is 849. The highest BCUT2D eigenvalue weighted by atomic mass is 35.5. The maximum absolute atomic E-state index is 6.49. The zero-order valence-corrected chi connectivity index (χ0v) is 13.8. The molecule has 0 atom stereocenters. The fourth-order valence-corrected chi connectivity index (χ4v) is 3.39. The summed E-state index contributed by atoms with van der Waals surface area (Å²) in [6.45, 7) is 4.07. The summed E-state index contributed by atoms with van der Waals surface area (Å²) < 4.78 is 2.11. The molecule has 1 N–H and O–H groups in total. The molecule has 1 saturated heterocycles.